The molecule has 0 fully saturated rings. The molecule has 0 aromatic heterocycles. The minimum Gasteiger partial charge on any atom is -0.759 e. The first-order chi connectivity index (χ1) is 4.00. The monoisotopic (exact) mass is 564 g/mol. The molecule has 182 valence electrons. The van der Waals surface area contributed by atoms with E-state index in [4.69, 9.17) is 35.0 Å². The smallest absolute Gasteiger partial charge is 0.759 e. The van der Waals surface area contributed by atoms with Crippen LogP contribution < -0.4 is 0 Å². The maximum absolute atomic E-state index is 8.52. The summed E-state index contributed by atoms with van der Waals surface area (Å²) in [6.45, 7) is 0. The van der Waals surface area contributed by atoms with Crippen molar-refractivity contribution >= 4 is 20.8 Å². The summed E-state index contributed by atoms with van der Waals surface area (Å²) in [7, 11) is -10.3. The predicted octanol–water partition coefficient (Wildman–Crippen LogP) is -14.2. The van der Waals surface area contributed by atoms with Gasteiger partial charge >= 0.3 is 36.5 Å². The maximum Gasteiger partial charge on any atom is 2.00 e. The molecule has 0 aliphatic carbocycles. The van der Waals surface area contributed by atoms with Gasteiger partial charge in [0.05, 0.1) is 0 Å². The molecule has 28 N–H and O–H groups in total. The van der Waals surface area contributed by atoms with Gasteiger partial charge in [-0.15, -0.1) is 0 Å². The topological polar surface area (TPSA) is 602 Å². The summed E-state index contributed by atoms with van der Waals surface area (Å²) in [6.07, 6.45) is 0. The standard InChI is InChI=1S/Fe.2H2O4S.14H2O.Zn/c;2*1-5(2,3)4;;;;;;;;;;;;;;;/h;2*(H2,1,2,3,4);14*1H2;/q+2;;;;;;;;;;;;;;;;;+2/p-4. The molecule has 0 heterocycles. The van der Waals surface area contributed by atoms with E-state index >= 15 is 0 Å². The van der Waals surface area contributed by atoms with Gasteiger partial charge in [-0.05, 0) is 0 Å². The molecule has 0 aliphatic rings. The Morgan fingerprint density at radius 2 is 0.346 bits per heavy atom. The first-order valence-corrected chi connectivity index (χ1v) is 4.00. The Morgan fingerprint density at radius 3 is 0.346 bits per heavy atom. The SMILES string of the molecule is O.O.O.O.O.O.O.O.O.O.O.O.O.O.O=S(=O)([O-])[O-].O=S(=O)([O-])[O-].[Fe+2].[Zn+2]. The summed E-state index contributed by atoms with van der Waals surface area (Å²) in [5.74, 6) is 0. The Morgan fingerprint density at radius 1 is 0.346 bits per heavy atom. The molecule has 26 heavy (non-hydrogen) atoms. The van der Waals surface area contributed by atoms with Crippen LogP contribution in [-0.2, 0) is 57.3 Å². The summed E-state index contributed by atoms with van der Waals surface area (Å²) in [4.78, 5) is 0. The van der Waals surface area contributed by atoms with Gasteiger partial charge in [0.1, 0.15) is 0 Å². The fourth-order valence-corrected chi connectivity index (χ4v) is 0. The van der Waals surface area contributed by atoms with E-state index in [1.807, 2.05) is 0 Å². The van der Waals surface area contributed by atoms with Crippen molar-refractivity contribution in [1.29, 1.82) is 0 Å². The number of rotatable bonds is 0. The van der Waals surface area contributed by atoms with Crippen LogP contribution in [0.2, 0.25) is 0 Å². The molecule has 0 rings (SSSR count). The van der Waals surface area contributed by atoms with E-state index in [0.29, 0.717) is 0 Å². The molecule has 0 aromatic rings. The van der Waals surface area contributed by atoms with Crippen LogP contribution in [0.4, 0.5) is 0 Å². The molecular weight excluding hydrogens is 537 g/mol. The van der Waals surface area contributed by atoms with Crippen LogP contribution in [0.3, 0.4) is 0 Å². The summed E-state index contributed by atoms with van der Waals surface area (Å²) >= 11 is 0. The number of hydrogen-bond donors (Lipinski definition) is 0. The summed E-state index contributed by atoms with van der Waals surface area (Å²) in [5, 5.41) is 0. The van der Waals surface area contributed by atoms with E-state index in [1.165, 1.54) is 0 Å². The molecule has 26 heteroatoms. The van der Waals surface area contributed by atoms with E-state index in [1.54, 1.807) is 0 Å². The van der Waals surface area contributed by atoms with Crippen LogP contribution in [0.1, 0.15) is 0 Å². The summed E-state index contributed by atoms with van der Waals surface area (Å²) in [5.41, 5.74) is 0. The van der Waals surface area contributed by atoms with Crippen LogP contribution in [0.15, 0.2) is 0 Å². The minimum atomic E-state index is -5.17. The van der Waals surface area contributed by atoms with Crippen molar-refractivity contribution in [1.82, 2.24) is 0 Å². The van der Waals surface area contributed by atoms with Crippen molar-refractivity contribution in [3.63, 3.8) is 0 Å². The molecule has 0 radical (unpaired) electrons. The van der Waals surface area contributed by atoms with Gasteiger partial charge in [0.2, 0.25) is 0 Å². The van der Waals surface area contributed by atoms with Crippen molar-refractivity contribution in [3.8, 4) is 0 Å². The zero-order valence-corrected chi connectivity index (χ0v) is 17.8. The van der Waals surface area contributed by atoms with Gasteiger partial charge in [0, 0.05) is 20.8 Å². The van der Waals surface area contributed by atoms with Gasteiger partial charge in [-0.25, -0.2) is 0 Å². The molecule has 0 saturated carbocycles. The zero-order valence-electron chi connectivity index (χ0n) is 12.1. The molecule has 22 nitrogen and oxygen atoms in total. The van der Waals surface area contributed by atoms with E-state index in [9.17, 15) is 0 Å². The van der Waals surface area contributed by atoms with E-state index in [-0.39, 0.29) is 113 Å². The van der Waals surface area contributed by atoms with Gasteiger partial charge in [0.15, 0.2) is 0 Å². The van der Waals surface area contributed by atoms with Crippen molar-refractivity contribution < 1.29 is 148 Å². The third-order valence-electron chi connectivity index (χ3n) is 0. The normalized spacial score (nSPS) is 4.46. The second-order valence-corrected chi connectivity index (χ2v) is 2.45. The molecule has 0 atom stereocenters. The summed E-state index contributed by atoms with van der Waals surface area (Å²) < 4.78 is 68.2. The molecule has 0 spiro atoms. The van der Waals surface area contributed by atoms with Crippen LogP contribution in [0.5, 0.6) is 0 Å². The molecule has 0 bridgehead atoms. The molecule has 0 unspecified atom stereocenters. The van der Waals surface area contributed by atoms with Crippen LogP contribution in [-0.4, -0.2) is 112 Å². The zero-order chi connectivity index (χ0) is 9.00. The van der Waals surface area contributed by atoms with Crippen molar-refractivity contribution in [3.05, 3.63) is 0 Å². The Hall–Kier alpha value is 0.323. The predicted molar refractivity (Wildman–Crippen MR) is 71.5 cm³/mol. The van der Waals surface area contributed by atoms with Crippen molar-refractivity contribution in [2.75, 3.05) is 0 Å². The average Bonchev–Trinajstić information content (AvgIpc) is 1.12. The van der Waals surface area contributed by atoms with E-state index < -0.39 is 20.8 Å². The first kappa shape index (κ1) is 244. The van der Waals surface area contributed by atoms with E-state index in [2.05, 4.69) is 0 Å². The Bertz CT molecular complexity index is 219. The quantitative estimate of drug-likeness (QED) is 0.154. The van der Waals surface area contributed by atoms with Crippen molar-refractivity contribution in [2.24, 2.45) is 0 Å². The molecular formula is H28FeO22S2Zn. The van der Waals surface area contributed by atoms with Crippen LogP contribution >= 0.6 is 0 Å². The number of hydrogen-bond acceptors (Lipinski definition) is 8. The van der Waals surface area contributed by atoms with Gasteiger partial charge < -0.3 is 94.9 Å². The third-order valence-corrected chi connectivity index (χ3v) is 0. The van der Waals surface area contributed by atoms with Crippen LogP contribution in [0.25, 0.3) is 0 Å². The second kappa shape index (κ2) is 98.7. The van der Waals surface area contributed by atoms with Gasteiger partial charge in [-0.1, -0.05) is 0 Å². The van der Waals surface area contributed by atoms with Gasteiger partial charge in [0.25, 0.3) is 0 Å². The fraction of sp³-hybridized carbons (Fsp3) is 0. The largest absolute Gasteiger partial charge is 2.00 e. The van der Waals surface area contributed by atoms with Gasteiger partial charge in [-0.3, -0.25) is 16.8 Å². The van der Waals surface area contributed by atoms with Crippen LogP contribution in [0, 0.1) is 0 Å². The Labute approximate surface area is 169 Å². The molecule has 0 aromatic carbocycles. The Balaban J connectivity index is -0.00000000190. The fourth-order valence-electron chi connectivity index (χ4n) is 0. The first-order valence-electron chi connectivity index (χ1n) is 1.33. The molecule has 0 saturated heterocycles. The molecule has 0 aliphatic heterocycles. The second-order valence-electron chi connectivity index (χ2n) is 0.816. The molecule has 0 amide bonds. The van der Waals surface area contributed by atoms with E-state index in [0.717, 1.165) is 0 Å². The Kier molecular flexibility index (Phi) is 925. The van der Waals surface area contributed by atoms with Crippen molar-refractivity contribution in [2.45, 2.75) is 0 Å². The maximum atomic E-state index is 8.52. The minimum absolute atomic E-state index is 0. The summed E-state index contributed by atoms with van der Waals surface area (Å²) in [6, 6.07) is 0. The average molecular weight is 566 g/mol. The third kappa shape index (κ3) is 127000. The van der Waals surface area contributed by atoms with Gasteiger partial charge in [-0.2, -0.15) is 0 Å².